The average molecular weight is 528 g/mol. The van der Waals surface area contributed by atoms with E-state index in [0.29, 0.717) is 35.9 Å². The Hall–Kier alpha value is -3.88. The maximum Gasteiger partial charge on any atom is 0.573 e. The largest absolute Gasteiger partial charge is 0.573 e. The van der Waals surface area contributed by atoms with Crippen molar-refractivity contribution in [2.75, 3.05) is 26.5 Å². The van der Waals surface area contributed by atoms with Crippen LogP contribution >= 0.6 is 0 Å². The SMILES string of the molecule is O=C(COc1ccccc1-c1ccc(OC(F)(F)F)cc1)N1CCC(CCc2ccc3c(c2)OCO3)CC1. The number of hydrogen-bond donors (Lipinski definition) is 0. The van der Waals surface area contributed by atoms with Crippen LogP contribution in [0.25, 0.3) is 11.1 Å². The molecule has 0 N–H and O–H groups in total. The van der Waals surface area contributed by atoms with Crippen LogP contribution in [0.4, 0.5) is 13.2 Å². The number of aryl methyl sites for hydroxylation is 1. The quantitative estimate of drug-likeness (QED) is 0.348. The molecule has 0 atom stereocenters. The molecule has 200 valence electrons. The fraction of sp³-hybridized carbons (Fsp3) is 0.345. The number of piperidine rings is 1. The fourth-order valence-corrected chi connectivity index (χ4v) is 4.84. The van der Waals surface area contributed by atoms with Crippen molar-refractivity contribution in [3.8, 4) is 34.1 Å². The first-order valence-corrected chi connectivity index (χ1v) is 12.6. The molecule has 0 aromatic heterocycles. The van der Waals surface area contributed by atoms with Gasteiger partial charge in [0.1, 0.15) is 11.5 Å². The molecule has 0 radical (unpaired) electrons. The summed E-state index contributed by atoms with van der Waals surface area (Å²) in [5.41, 5.74) is 2.56. The van der Waals surface area contributed by atoms with Gasteiger partial charge >= 0.3 is 6.36 Å². The van der Waals surface area contributed by atoms with E-state index < -0.39 is 6.36 Å². The molecular weight excluding hydrogens is 499 g/mol. The third-order valence-electron chi connectivity index (χ3n) is 6.88. The van der Waals surface area contributed by atoms with Gasteiger partial charge in [0.05, 0.1) is 0 Å². The van der Waals surface area contributed by atoms with Gasteiger partial charge < -0.3 is 23.8 Å². The number of alkyl halides is 3. The highest BCUT2D eigenvalue weighted by Gasteiger charge is 2.31. The Labute approximate surface area is 218 Å². The lowest BCUT2D eigenvalue weighted by Crippen LogP contribution is -2.41. The highest BCUT2D eigenvalue weighted by atomic mass is 19.4. The van der Waals surface area contributed by atoms with Gasteiger partial charge in [0, 0.05) is 18.7 Å². The normalized spacial score (nSPS) is 15.4. The lowest BCUT2D eigenvalue weighted by atomic mass is 9.90. The van der Waals surface area contributed by atoms with E-state index in [9.17, 15) is 18.0 Å². The summed E-state index contributed by atoms with van der Waals surface area (Å²) < 4.78 is 58.0. The van der Waals surface area contributed by atoms with Crippen molar-refractivity contribution in [1.82, 2.24) is 4.90 Å². The van der Waals surface area contributed by atoms with E-state index in [1.807, 2.05) is 17.0 Å². The number of fused-ring (bicyclic) bond motifs is 1. The predicted molar refractivity (Wildman–Crippen MR) is 134 cm³/mol. The lowest BCUT2D eigenvalue weighted by molar-refractivity contribution is -0.274. The lowest BCUT2D eigenvalue weighted by Gasteiger charge is -2.32. The summed E-state index contributed by atoms with van der Waals surface area (Å²) in [4.78, 5) is 14.7. The van der Waals surface area contributed by atoms with Crippen LogP contribution in [-0.4, -0.2) is 43.7 Å². The molecule has 6 nitrogen and oxygen atoms in total. The third-order valence-corrected chi connectivity index (χ3v) is 6.88. The van der Waals surface area contributed by atoms with Crippen molar-refractivity contribution >= 4 is 5.91 Å². The topological polar surface area (TPSA) is 57.2 Å². The maximum absolute atomic E-state index is 12.8. The Bertz CT molecular complexity index is 1250. The smallest absolute Gasteiger partial charge is 0.483 e. The van der Waals surface area contributed by atoms with Crippen LogP contribution in [0.1, 0.15) is 24.8 Å². The number of ether oxygens (including phenoxy) is 4. The van der Waals surface area contributed by atoms with Crippen molar-refractivity contribution in [2.45, 2.75) is 32.0 Å². The molecule has 1 fully saturated rings. The summed E-state index contributed by atoms with van der Waals surface area (Å²) in [5.74, 6) is 2.26. The van der Waals surface area contributed by atoms with Crippen molar-refractivity contribution in [2.24, 2.45) is 5.92 Å². The molecule has 0 spiro atoms. The van der Waals surface area contributed by atoms with E-state index in [1.54, 1.807) is 24.3 Å². The predicted octanol–water partition coefficient (Wildman–Crippen LogP) is 6.23. The summed E-state index contributed by atoms with van der Waals surface area (Å²) in [6, 6.07) is 18.8. The Balaban J connectivity index is 1.10. The van der Waals surface area contributed by atoms with Gasteiger partial charge in [-0.25, -0.2) is 0 Å². The minimum atomic E-state index is -4.75. The molecule has 9 heteroatoms. The van der Waals surface area contributed by atoms with Crippen molar-refractivity contribution in [3.05, 3.63) is 72.3 Å². The molecule has 5 rings (SSSR count). The highest BCUT2D eigenvalue weighted by molar-refractivity contribution is 5.78. The van der Waals surface area contributed by atoms with E-state index in [2.05, 4.69) is 10.8 Å². The number of amides is 1. The van der Waals surface area contributed by atoms with Crippen LogP contribution in [0, 0.1) is 5.92 Å². The molecule has 38 heavy (non-hydrogen) atoms. The molecular formula is C29H28F3NO5. The summed E-state index contributed by atoms with van der Waals surface area (Å²) in [5, 5.41) is 0. The number of carbonyl (C=O) groups excluding carboxylic acids is 1. The molecule has 0 aliphatic carbocycles. The Morgan fingerprint density at radius 1 is 0.947 bits per heavy atom. The minimum Gasteiger partial charge on any atom is -0.483 e. The van der Waals surface area contributed by atoms with Gasteiger partial charge in [-0.1, -0.05) is 36.4 Å². The van der Waals surface area contributed by atoms with E-state index in [0.717, 1.165) is 37.2 Å². The van der Waals surface area contributed by atoms with Crippen molar-refractivity contribution in [1.29, 1.82) is 0 Å². The van der Waals surface area contributed by atoms with Crippen LogP contribution in [-0.2, 0) is 11.2 Å². The van der Waals surface area contributed by atoms with Gasteiger partial charge in [0.2, 0.25) is 6.79 Å². The van der Waals surface area contributed by atoms with E-state index in [-0.39, 0.29) is 25.1 Å². The van der Waals surface area contributed by atoms with Gasteiger partial charge in [0.25, 0.3) is 5.91 Å². The summed E-state index contributed by atoms with van der Waals surface area (Å²) in [7, 11) is 0. The van der Waals surface area contributed by atoms with Crippen LogP contribution in [0.5, 0.6) is 23.0 Å². The number of halogens is 3. The number of hydrogen-bond acceptors (Lipinski definition) is 5. The maximum atomic E-state index is 12.8. The standard InChI is InChI=1S/C29H28F3NO5/c30-29(31,32)38-23-10-8-22(9-11-23)24-3-1-2-4-25(24)35-18-28(34)33-15-13-20(14-16-33)5-6-21-7-12-26-27(17-21)37-19-36-26/h1-4,7-12,17,20H,5-6,13-16,18-19H2. The first kappa shape index (κ1) is 25.8. The van der Waals surface area contributed by atoms with Gasteiger partial charge in [-0.15, -0.1) is 13.2 Å². The van der Waals surface area contributed by atoms with E-state index in [4.69, 9.17) is 14.2 Å². The molecule has 0 bridgehead atoms. The zero-order valence-electron chi connectivity index (χ0n) is 20.7. The Morgan fingerprint density at radius 3 is 2.45 bits per heavy atom. The van der Waals surface area contributed by atoms with Crippen LogP contribution < -0.4 is 18.9 Å². The van der Waals surface area contributed by atoms with Gasteiger partial charge in [0.15, 0.2) is 18.1 Å². The fourth-order valence-electron chi connectivity index (χ4n) is 4.84. The summed E-state index contributed by atoms with van der Waals surface area (Å²) in [6.45, 7) is 1.55. The van der Waals surface area contributed by atoms with Crippen LogP contribution in [0.15, 0.2) is 66.7 Å². The van der Waals surface area contributed by atoms with Crippen molar-refractivity contribution < 1.29 is 36.9 Å². The van der Waals surface area contributed by atoms with Gasteiger partial charge in [-0.05, 0) is 73.1 Å². The molecule has 3 aromatic carbocycles. The second-order valence-corrected chi connectivity index (χ2v) is 9.41. The minimum absolute atomic E-state index is 0.0806. The number of benzene rings is 3. The third kappa shape index (κ3) is 6.51. The van der Waals surface area contributed by atoms with Gasteiger partial charge in [-0.2, -0.15) is 0 Å². The first-order valence-electron chi connectivity index (χ1n) is 12.6. The monoisotopic (exact) mass is 527 g/mol. The molecule has 3 aromatic rings. The number of nitrogens with zero attached hydrogens (tertiary/aromatic N) is 1. The average Bonchev–Trinajstić information content (AvgIpc) is 3.39. The molecule has 0 unspecified atom stereocenters. The van der Waals surface area contributed by atoms with E-state index >= 15 is 0 Å². The second kappa shape index (κ2) is 11.2. The molecule has 2 heterocycles. The zero-order chi connectivity index (χ0) is 26.5. The van der Waals surface area contributed by atoms with Crippen molar-refractivity contribution in [3.63, 3.8) is 0 Å². The Kier molecular flexibility index (Phi) is 7.62. The summed E-state index contributed by atoms with van der Waals surface area (Å²) >= 11 is 0. The molecule has 2 aliphatic rings. The number of likely N-dealkylation sites (tertiary alicyclic amines) is 1. The Morgan fingerprint density at radius 2 is 1.68 bits per heavy atom. The number of rotatable bonds is 8. The van der Waals surface area contributed by atoms with E-state index in [1.165, 1.54) is 29.8 Å². The first-order chi connectivity index (χ1) is 18.3. The highest BCUT2D eigenvalue weighted by Crippen LogP contribution is 2.34. The molecule has 1 amide bonds. The van der Waals surface area contributed by atoms with Gasteiger partial charge in [-0.3, -0.25) is 4.79 Å². The number of para-hydroxylation sites is 1. The molecule has 2 aliphatic heterocycles. The second-order valence-electron chi connectivity index (χ2n) is 9.41. The summed E-state index contributed by atoms with van der Waals surface area (Å²) in [6.07, 6.45) is -0.847. The van der Waals surface area contributed by atoms with Crippen LogP contribution in [0.3, 0.4) is 0 Å². The molecule has 0 saturated carbocycles. The molecule has 1 saturated heterocycles. The zero-order valence-corrected chi connectivity index (χ0v) is 20.7. The van der Waals surface area contributed by atoms with Crippen LogP contribution in [0.2, 0.25) is 0 Å². The number of carbonyl (C=O) groups is 1.